The van der Waals surface area contributed by atoms with Crippen LogP contribution >= 0.6 is 0 Å². The van der Waals surface area contributed by atoms with Crippen LogP contribution in [0.2, 0.25) is 0 Å². The third kappa shape index (κ3) is 1.92. The van der Waals surface area contributed by atoms with Gasteiger partial charge >= 0.3 is 5.97 Å². The average molecular weight is 249 g/mol. The number of anilines is 1. The van der Waals surface area contributed by atoms with Crippen LogP contribution in [-0.2, 0) is 11.8 Å². The molecule has 1 heterocycles. The fourth-order valence-electron chi connectivity index (χ4n) is 1.63. The minimum atomic E-state index is -0.584. The number of esters is 1. The van der Waals surface area contributed by atoms with Crippen LogP contribution in [0.25, 0.3) is 11.1 Å². The second kappa shape index (κ2) is 4.48. The molecule has 2 rings (SSSR count). The lowest BCUT2D eigenvalue weighted by Gasteiger charge is -2.05. The standard InChI is InChI=1S/C12H12FN3O2/c1-16-11(14)9(6-15-16)8-4-3-7(5-10(8)13)12(17)18-2/h3-6H,14H2,1-2H3. The van der Waals surface area contributed by atoms with E-state index in [1.807, 2.05) is 0 Å². The number of halogens is 1. The second-order valence-electron chi connectivity index (χ2n) is 3.75. The van der Waals surface area contributed by atoms with Crippen molar-refractivity contribution in [2.45, 2.75) is 0 Å². The van der Waals surface area contributed by atoms with Gasteiger partial charge in [-0.15, -0.1) is 0 Å². The van der Waals surface area contributed by atoms with Gasteiger partial charge < -0.3 is 10.5 Å². The quantitative estimate of drug-likeness (QED) is 0.820. The van der Waals surface area contributed by atoms with Crippen LogP contribution in [0.3, 0.4) is 0 Å². The smallest absolute Gasteiger partial charge is 0.337 e. The Bertz CT molecular complexity index is 607. The number of benzene rings is 1. The van der Waals surface area contributed by atoms with Crippen LogP contribution < -0.4 is 5.73 Å². The predicted molar refractivity (Wildman–Crippen MR) is 64.4 cm³/mol. The van der Waals surface area contributed by atoms with Gasteiger partial charge in [-0.3, -0.25) is 4.68 Å². The lowest BCUT2D eigenvalue weighted by Crippen LogP contribution is -2.02. The number of aryl methyl sites for hydroxylation is 1. The molecule has 2 N–H and O–H groups in total. The average Bonchev–Trinajstić information content (AvgIpc) is 2.69. The Morgan fingerprint density at radius 1 is 1.44 bits per heavy atom. The van der Waals surface area contributed by atoms with Crippen LogP contribution in [0.4, 0.5) is 10.2 Å². The van der Waals surface area contributed by atoms with Crippen molar-refractivity contribution in [3.05, 3.63) is 35.8 Å². The molecule has 1 aromatic heterocycles. The van der Waals surface area contributed by atoms with Crippen molar-refractivity contribution in [3.63, 3.8) is 0 Å². The maximum atomic E-state index is 13.9. The summed E-state index contributed by atoms with van der Waals surface area (Å²) < 4.78 is 19.9. The van der Waals surface area contributed by atoms with Crippen molar-refractivity contribution in [1.29, 1.82) is 0 Å². The minimum Gasteiger partial charge on any atom is -0.465 e. The van der Waals surface area contributed by atoms with E-state index in [9.17, 15) is 9.18 Å². The molecule has 18 heavy (non-hydrogen) atoms. The predicted octanol–water partition coefficient (Wildman–Crippen LogP) is 1.59. The number of nitrogens with zero attached hydrogens (tertiary/aromatic N) is 2. The van der Waals surface area contributed by atoms with E-state index in [2.05, 4.69) is 9.84 Å². The molecule has 94 valence electrons. The van der Waals surface area contributed by atoms with Crippen LogP contribution in [0.15, 0.2) is 24.4 Å². The summed E-state index contributed by atoms with van der Waals surface area (Å²) in [4.78, 5) is 11.3. The zero-order valence-electron chi connectivity index (χ0n) is 9.98. The zero-order valence-corrected chi connectivity index (χ0v) is 9.98. The van der Waals surface area contributed by atoms with E-state index >= 15 is 0 Å². The van der Waals surface area contributed by atoms with Gasteiger partial charge in [0.25, 0.3) is 0 Å². The van der Waals surface area contributed by atoms with Gasteiger partial charge in [-0.05, 0) is 12.1 Å². The molecule has 0 unspecified atom stereocenters. The molecule has 0 saturated carbocycles. The first-order chi connectivity index (χ1) is 8.54. The first-order valence-corrected chi connectivity index (χ1v) is 5.20. The SMILES string of the molecule is COC(=O)c1ccc(-c2cnn(C)c2N)c(F)c1. The molecule has 2 aromatic rings. The number of nitrogen functional groups attached to an aromatic ring is 1. The van der Waals surface area contributed by atoms with E-state index in [1.54, 1.807) is 7.05 Å². The van der Waals surface area contributed by atoms with E-state index in [1.165, 1.54) is 30.1 Å². The van der Waals surface area contributed by atoms with Gasteiger partial charge in [-0.1, -0.05) is 6.07 Å². The Balaban J connectivity index is 2.48. The molecular formula is C12H12FN3O2. The van der Waals surface area contributed by atoms with Gasteiger partial charge in [0.2, 0.25) is 0 Å². The molecule has 0 bridgehead atoms. The van der Waals surface area contributed by atoms with Crippen molar-refractivity contribution < 1.29 is 13.9 Å². The zero-order chi connectivity index (χ0) is 13.3. The summed E-state index contributed by atoms with van der Waals surface area (Å²) in [6, 6.07) is 4.08. The van der Waals surface area contributed by atoms with E-state index in [4.69, 9.17) is 5.73 Å². The number of nitrogens with two attached hydrogens (primary N) is 1. The third-order valence-corrected chi connectivity index (χ3v) is 2.66. The minimum absolute atomic E-state index is 0.154. The summed E-state index contributed by atoms with van der Waals surface area (Å²) in [5.74, 6) is -0.767. The number of hydrogen-bond acceptors (Lipinski definition) is 4. The van der Waals surface area contributed by atoms with Crippen molar-refractivity contribution in [3.8, 4) is 11.1 Å². The van der Waals surface area contributed by atoms with E-state index < -0.39 is 11.8 Å². The highest BCUT2D eigenvalue weighted by molar-refractivity contribution is 5.90. The number of ether oxygens (including phenoxy) is 1. The summed E-state index contributed by atoms with van der Waals surface area (Å²) in [6.07, 6.45) is 1.48. The summed E-state index contributed by atoms with van der Waals surface area (Å²) in [6.45, 7) is 0. The number of methoxy groups -OCH3 is 1. The van der Waals surface area contributed by atoms with Crippen molar-refractivity contribution >= 4 is 11.8 Å². The van der Waals surface area contributed by atoms with E-state index in [0.717, 1.165) is 6.07 Å². The summed E-state index contributed by atoms with van der Waals surface area (Å²) in [5, 5.41) is 3.94. The molecule has 0 atom stereocenters. The van der Waals surface area contributed by atoms with Gasteiger partial charge in [-0.2, -0.15) is 5.10 Å². The molecular weight excluding hydrogens is 237 g/mol. The number of hydrogen-bond donors (Lipinski definition) is 1. The molecule has 0 saturated heterocycles. The summed E-state index contributed by atoms with van der Waals surface area (Å²) >= 11 is 0. The van der Waals surface area contributed by atoms with Gasteiger partial charge in [0.1, 0.15) is 11.6 Å². The Morgan fingerprint density at radius 2 is 2.17 bits per heavy atom. The fourth-order valence-corrected chi connectivity index (χ4v) is 1.63. The summed E-state index contributed by atoms with van der Waals surface area (Å²) in [5.41, 5.74) is 6.71. The monoisotopic (exact) mass is 249 g/mol. The molecule has 1 aromatic carbocycles. The van der Waals surface area contributed by atoms with Gasteiger partial charge in [0, 0.05) is 18.2 Å². The number of carbonyl (C=O) groups is 1. The maximum Gasteiger partial charge on any atom is 0.337 e. The highest BCUT2D eigenvalue weighted by Crippen LogP contribution is 2.28. The highest BCUT2D eigenvalue weighted by atomic mass is 19.1. The molecule has 0 aliphatic rings. The van der Waals surface area contributed by atoms with E-state index in [-0.39, 0.29) is 5.56 Å². The van der Waals surface area contributed by atoms with Gasteiger partial charge in [0.05, 0.1) is 18.9 Å². The van der Waals surface area contributed by atoms with E-state index in [0.29, 0.717) is 16.9 Å². The van der Waals surface area contributed by atoms with Crippen LogP contribution in [0.5, 0.6) is 0 Å². The molecule has 0 aliphatic heterocycles. The molecule has 6 heteroatoms. The molecule has 0 radical (unpaired) electrons. The topological polar surface area (TPSA) is 70.1 Å². The van der Waals surface area contributed by atoms with Crippen LogP contribution in [0, 0.1) is 5.82 Å². The maximum absolute atomic E-state index is 13.9. The van der Waals surface area contributed by atoms with Crippen LogP contribution in [-0.4, -0.2) is 22.9 Å². The molecule has 5 nitrogen and oxygen atoms in total. The molecule has 0 fully saturated rings. The normalized spacial score (nSPS) is 10.4. The Morgan fingerprint density at radius 3 is 2.67 bits per heavy atom. The van der Waals surface area contributed by atoms with Crippen molar-refractivity contribution in [2.24, 2.45) is 7.05 Å². The van der Waals surface area contributed by atoms with Gasteiger partial charge in [-0.25, -0.2) is 9.18 Å². The van der Waals surface area contributed by atoms with Crippen molar-refractivity contribution in [2.75, 3.05) is 12.8 Å². The number of rotatable bonds is 2. The fraction of sp³-hybridized carbons (Fsp3) is 0.167. The Labute approximate surface area is 103 Å². The Hall–Kier alpha value is -2.37. The molecule has 0 amide bonds. The molecule has 0 spiro atoms. The second-order valence-corrected chi connectivity index (χ2v) is 3.75. The first kappa shape index (κ1) is 12.1. The van der Waals surface area contributed by atoms with Crippen molar-refractivity contribution in [1.82, 2.24) is 9.78 Å². The summed E-state index contributed by atoms with van der Waals surface area (Å²) in [7, 11) is 2.91. The third-order valence-electron chi connectivity index (χ3n) is 2.66. The van der Waals surface area contributed by atoms with Gasteiger partial charge in [0.15, 0.2) is 0 Å². The largest absolute Gasteiger partial charge is 0.465 e. The highest BCUT2D eigenvalue weighted by Gasteiger charge is 2.14. The number of aromatic nitrogens is 2. The molecule has 0 aliphatic carbocycles. The Kier molecular flexibility index (Phi) is 3.01. The number of carbonyl (C=O) groups excluding carboxylic acids is 1. The lowest BCUT2D eigenvalue weighted by atomic mass is 10.1. The first-order valence-electron chi connectivity index (χ1n) is 5.20. The van der Waals surface area contributed by atoms with Crippen LogP contribution in [0.1, 0.15) is 10.4 Å². The lowest BCUT2D eigenvalue weighted by molar-refractivity contribution is 0.0600.